The number of rotatable bonds is 10. The SMILES string of the molecule is CCCCc1nc(=O)c(-c2ccc(OCC)cc2)c(C2CC2)n1Cc1ccc(-c2ccccc2C#N)cc1. The molecule has 1 aliphatic rings. The van der Waals surface area contributed by atoms with Crippen LogP contribution < -0.4 is 10.3 Å². The smallest absolute Gasteiger partial charge is 0.281 e. The van der Waals surface area contributed by atoms with Crippen LogP contribution in [0.3, 0.4) is 0 Å². The normalized spacial score (nSPS) is 12.8. The molecular weight excluding hydrogens is 470 g/mol. The lowest BCUT2D eigenvalue weighted by atomic mass is 9.99. The van der Waals surface area contributed by atoms with E-state index < -0.39 is 0 Å². The molecular formula is C33H33N3O2. The molecule has 1 fully saturated rings. The fourth-order valence-electron chi connectivity index (χ4n) is 5.06. The van der Waals surface area contributed by atoms with Gasteiger partial charge in [0.1, 0.15) is 11.6 Å². The summed E-state index contributed by atoms with van der Waals surface area (Å²) in [4.78, 5) is 18.1. The Morgan fingerprint density at radius 1 is 0.974 bits per heavy atom. The zero-order valence-electron chi connectivity index (χ0n) is 22.1. The van der Waals surface area contributed by atoms with Crippen LogP contribution in [0.4, 0.5) is 0 Å². The molecule has 0 saturated heterocycles. The van der Waals surface area contributed by atoms with Crippen LogP contribution in [0.15, 0.2) is 77.6 Å². The summed E-state index contributed by atoms with van der Waals surface area (Å²) in [6, 6.07) is 26.2. The molecule has 0 spiro atoms. The molecule has 3 aromatic carbocycles. The predicted octanol–water partition coefficient (Wildman–Crippen LogP) is 7.12. The van der Waals surface area contributed by atoms with E-state index in [0.29, 0.717) is 24.6 Å². The van der Waals surface area contributed by atoms with Gasteiger partial charge in [-0.1, -0.05) is 67.9 Å². The first-order valence-electron chi connectivity index (χ1n) is 13.6. The average molecular weight is 504 g/mol. The average Bonchev–Trinajstić information content (AvgIpc) is 3.79. The number of nitriles is 1. The van der Waals surface area contributed by atoms with E-state index in [-0.39, 0.29) is 5.56 Å². The molecule has 1 aliphatic carbocycles. The van der Waals surface area contributed by atoms with Crippen molar-refractivity contribution in [1.82, 2.24) is 9.55 Å². The van der Waals surface area contributed by atoms with Gasteiger partial charge in [-0.05, 0) is 66.6 Å². The van der Waals surface area contributed by atoms with E-state index in [1.54, 1.807) is 0 Å². The number of unbranched alkanes of at least 4 members (excludes halogenated alkanes) is 1. The standard InChI is InChI=1S/C33H33N3O2/c1-3-5-10-30-35-33(37)31(25-17-19-28(20-18-25)38-4-2)32(26-15-16-26)36(30)22-23-11-13-24(14-12-23)29-9-7-6-8-27(29)21-34/h6-9,11-14,17-20,26H,3-5,10,15-16,22H2,1-2H3. The molecule has 0 N–H and O–H groups in total. The second-order valence-corrected chi connectivity index (χ2v) is 9.87. The lowest BCUT2D eigenvalue weighted by Crippen LogP contribution is -2.24. The van der Waals surface area contributed by atoms with Crippen molar-refractivity contribution in [1.29, 1.82) is 5.26 Å². The number of hydrogen-bond donors (Lipinski definition) is 0. The molecule has 0 unspecified atom stereocenters. The Bertz CT molecular complexity index is 1510. The van der Waals surface area contributed by atoms with Crippen LogP contribution in [0.1, 0.15) is 68.1 Å². The first kappa shape index (κ1) is 25.5. The molecule has 0 atom stereocenters. The molecule has 0 amide bonds. The van der Waals surface area contributed by atoms with Crippen molar-refractivity contribution in [3.05, 3.63) is 106 Å². The summed E-state index contributed by atoms with van der Waals surface area (Å²) in [6.45, 7) is 5.39. The summed E-state index contributed by atoms with van der Waals surface area (Å²) in [6.07, 6.45) is 4.99. The van der Waals surface area contributed by atoms with Gasteiger partial charge in [0.15, 0.2) is 0 Å². The molecule has 5 rings (SSSR count). The summed E-state index contributed by atoms with van der Waals surface area (Å²) >= 11 is 0. The largest absolute Gasteiger partial charge is 0.494 e. The Morgan fingerprint density at radius 3 is 2.34 bits per heavy atom. The van der Waals surface area contributed by atoms with Crippen molar-refractivity contribution >= 4 is 0 Å². The Kier molecular flexibility index (Phi) is 7.70. The third kappa shape index (κ3) is 5.40. The van der Waals surface area contributed by atoms with E-state index in [4.69, 9.17) is 4.74 Å². The van der Waals surface area contributed by atoms with Gasteiger partial charge in [-0.3, -0.25) is 4.79 Å². The maximum atomic E-state index is 13.5. The Morgan fingerprint density at radius 2 is 1.68 bits per heavy atom. The predicted molar refractivity (Wildman–Crippen MR) is 151 cm³/mol. The minimum Gasteiger partial charge on any atom is -0.494 e. The van der Waals surface area contributed by atoms with Crippen molar-refractivity contribution in [3.8, 4) is 34.1 Å². The van der Waals surface area contributed by atoms with Crippen LogP contribution in [-0.2, 0) is 13.0 Å². The quantitative estimate of drug-likeness (QED) is 0.231. The molecule has 0 aliphatic heterocycles. The zero-order valence-corrected chi connectivity index (χ0v) is 22.1. The second kappa shape index (κ2) is 11.5. The second-order valence-electron chi connectivity index (χ2n) is 9.87. The number of hydrogen-bond acceptors (Lipinski definition) is 4. The summed E-state index contributed by atoms with van der Waals surface area (Å²) < 4.78 is 7.93. The van der Waals surface area contributed by atoms with Gasteiger partial charge >= 0.3 is 0 Å². The Labute approximate surface area is 224 Å². The number of benzene rings is 3. The first-order valence-corrected chi connectivity index (χ1v) is 13.6. The highest BCUT2D eigenvalue weighted by atomic mass is 16.5. The number of aryl methyl sites for hydroxylation is 1. The molecule has 0 radical (unpaired) electrons. The third-order valence-electron chi connectivity index (χ3n) is 7.13. The van der Waals surface area contributed by atoms with E-state index in [1.165, 1.54) is 0 Å². The van der Waals surface area contributed by atoms with Crippen LogP contribution in [0.25, 0.3) is 22.3 Å². The highest BCUT2D eigenvalue weighted by Crippen LogP contribution is 2.44. The van der Waals surface area contributed by atoms with Gasteiger partial charge in [-0.15, -0.1) is 0 Å². The minimum atomic E-state index is -0.137. The highest BCUT2D eigenvalue weighted by molar-refractivity contribution is 5.71. The van der Waals surface area contributed by atoms with Crippen LogP contribution in [0, 0.1) is 11.3 Å². The van der Waals surface area contributed by atoms with Crippen LogP contribution in [0.5, 0.6) is 5.75 Å². The number of aromatic nitrogens is 2. The summed E-state index contributed by atoms with van der Waals surface area (Å²) in [5.74, 6) is 2.04. The fourth-order valence-corrected chi connectivity index (χ4v) is 5.06. The van der Waals surface area contributed by atoms with Gasteiger partial charge in [0, 0.05) is 24.6 Å². The van der Waals surface area contributed by atoms with E-state index in [2.05, 4.69) is 46.8 Å². The molecule has 1 aromatic heterocycles. The Hall–Kier alpha value is -4.17. The maximum Gasteiger partial charge on any atom is 0.281 e. The molecule has 192 valence electrons. The highest BCUT2D eigenvalue weighted by Gasteiger charge is 2.32. The van der Waals surface area contributed by atoms with E-state index in [1.807, 2.05) is 55.5 Å². The minimum absolute atomic E-state index is 0.137. The van der Waals surface area contributed by atoms with E-state index >= 15 is 0 Å². The summed E-state index contributed by atoms with van der Waals surface area (Å²) in [5, 5.41) is 9.51. The van der Waals surface area contributed by atoms with Crippen molar-refractivity contribution in [3.63, 3.8) is 0 Å². The lowest BCUT2D eigenvalue weighted by Gasteiger charge is -2.21. The third-order valence-corrected chi connectivity index (χ3v) is 7.13. The van der Waals surface area contributed by atoms with Crippen LogP contribution in [-0.4, -0.2) is 16.2 Å². The van der Waals surface area contributed by atoms with E-state index in [9.17, 15) is 10.1 Å². The molecule has 0 bridgehead atoms. The zero-order chi connectivity index (χ0) is 26.5. The number of nitrogens with zero attached hydrogens (tertiary/aromatic N) is 3. The van der Waals surface area contributed by atoms with Gasteiger partial charge < -0.3 is 9.30 Å². The summed E-state index contributed by atoms with van der Waals surface area (Å²) in [7, 11) is 0. The van der Waals surface area contributed by atoms with Gasteiger partial charge in [0.05, 0.1) is 23.8 Å². The van der Waals surface area contributed by atoms with Gasteiger partial charge in [-0.2, -0.15) is 10.2 Å². The molecule has 5 nitrogen and oxygen atoms in total. The van der Waals surface area contributed by atoms with Crippen molar-refractivity contribution in [2.24, 2.45) is 0 Å². The monoisotopic (exact) mass is 503 g/mol. The van der Waals surface area contributed by atoms with Gasteiger partial charge in [0.2, 0.25) is 0 Å². The molecule has 38 heavy (non-hydrogen) atoms. The Balaban J connectivity index is 1.57. The summed E-state index contributed by atoms with van der Waals surface area (Å²) in [5.41, 5.74) is 6.36. The lowest BCUT2D eigenvalue weighted by molar-refractivity contribution is 0.340. The van der Waals surface area contributed by atoms with Gasteiger partial charge in [0.25, 0.3) is 5.56 Å². The van der Waals surface area contributed by atoms with Crippen molar-refractivity contribution < 1.29 is 4.74 Å². The van der Waals surface area contributed by atoms with Crippen LogP contribution in [0.2, 0.25) is 0 Å². The van der Waals surface area contributed by atoms with E-state index in [0.717, 1.165) is 77.2 Å². The van der Waals surface area contributed by atoms with Crippen molar-refractivity contribution in [2.45, 2.75) is 58.4 Å². The van der Waals surface area contributed by atoms with Crippen LogP contribution >= 0.6 is 0 Å². The molecule has 1 saturated carbocycles. The molecule has 1 heterocycles. The molecule has 5 heteroatoms. The molecule has 4 aromatic rings. The number of ether oxygens (including phenoxy) is 1. The topological polar surface area (TPSA) is 67.9 Å². The first-order chi connectivity index (χ1) is 18.6. The maximum absolute atomic E-state index is 13.5. The fraction of sp³-hybridized carbons (Fsp3) is 0.303. The van der Waals surface area contributed by atoms with Gasteiger partial charge in [-0.25, -0.2) is 0 Å². The van der Waals surface area contributed by atoms with Crippen molar-refractivity contribution in [2.75, 3.05) is 6.61 Å².